The molecule has 0 aromatic carbocycles. The van der Waals surface area contributed by atoms with Gasteiger partial charge in [0.1, 0.15) is 11.2 Å². The molecule has 196 valence electrons. The summed E-state index contributed by atoms with van der Waals surface area (Å²) in [5.41, 5.74) is 11.2. The van der Waals surface area contributed by atoms with Crippen molar-refractivity contribution in [1.82, 2.24) is 9.80 Å². The Kier molecular flexibility index (Phi) is 8.44. The summed E-state index contributed by atoms with van der Waals surface area (Å²) in [6.45, 7) is 14.7. The Balaban J connectivity index is 0.000000191. The second kappa shape index (κ2) is 10.6. The van der Waals surface area contributed by atoms with Gasteiger partial charge in [-0.2, -0.15) is 0 Å². The van der Waals surface area contributed by atoms with Crippen molar-refractivity contribution in [2.75, 3.05) is 26.2 Å². The van der Waals surface area contributed by atoms with Gasteiger partial charge in [0.05, 0.1) is 0 Å². The first kappa shape index (κ1) is 27.1. The van der Waals surface area contributed by atoms with Gasteiger partial charge in [-0.1, -0.05) is 0 Å². The molecule has 6 atom stereocenters. The number of ether oxygens (including phenoxy) is 2. The Morgan fingerprint density at radius 1 is 0.647 bits per heavy atom. The number of likely N-dealkylation sites (tertiary alicyclic amines) is 2. The van der Waals surface area contributed by atoms with Crippen LogP contribution in [0.2, 0.25) is 0 Å². The average molecular weight is 481 g/mol. The van der Waals surface area contributed by atoms with Crippen molar-refractivity contribution in [2.45, 2.75) is 103 Å². The predicted octanol–water partition coefficient (Wildman–Crippen LogP) is 3.96. The minimum Gasteiger partial charge on any atom is -0.444 e. The second-order valence-corrected chi connectivity index (χ2v) is 12.9. The molecule has 4 N–H and O–H groups in total. The molecule has 0 radical (unpaired) electrons. The summed E-state index contributed by atoms with van der Waals surface area (Å²) in [7, 11) is 0. The Bertz CT molecular complexity index is 657. The van der Waals surface area contributed by atoms with Crippen molar-refractivity contribution in [1.29, 1.82) is 0 Å². The number of carbonyl (C=O) groups is 2. The Morgan fingerprint density at radius 3 is 1.29 bits per heavy atom. The lowest BCUT2D eigenvalue weighted by atomic mass is 9.89. The van der Waals surface area contributed by atoms with Crippen molar-refractivity contribution in [3.05, 3.63) is 0 Å². The first-order valence-corrected chi connectivity index (χ1v) is 13.2. The van der Waals surface area contributed by atoms with Gasteiger partial charge in [0, 0.05) is 38.3 Å². The van der Waals surface area contributed by atoms with E-state index in [0.717, 1.165) is 76.5 Å². The molecule has 0 bridgehead atoms. The van der Waals surface area contributed by atoms with Crippen LogP contribution in [0, 0.1) is 23.7 Å². The second-order valence-electron chi connectivity index (χ2n) is 12.9. The van der Waals surface area contributed by atoms with Gasteiger partial charge < -0.3 is 30.7 Å². The highest BCUT2D eigenvalue weighted by molar-refractivity contribution is 5.68. The molecule has 4 rings (SSSR count). The fourth-order valence-corrected chi connectivity index (χ4v) is 6.05. The van der Waals surface area contributed by atoms with E-state index >= 15 is 0 Å². The van der Waals surface area contributed by atoms with E-state index in [1.54, 1.807) is 0 Å². The molecule has 2 heterocycles. The fraction of sp³-hybridized carbons (Fsp3) is 0.923. The van der Waals surface area contributed by atoms with Crippen LogP contribution < -0.4 is 11.5 Å². The van der Waals surface area contributed by atoms with Gasteiger partial charge >= 0.3 is 12.2 Å². The predicted molar refractivity (Wildman–Crippen MR) is 133 cm³/mol. The fourth-order valence-electron chi connectivity index (χ4n) is 6.05. The lowest BCUT2D eigenvalue weighted by Crippen LogP contribution is -2.44. The van der Waals surface area contributed by atoms with Gasteiger partial charge in [-0.25, -0.2) is 9.59 Å². The molecule has 4 aliphatic rings. The summed E-state index contributed by atoms with van der Waals surface area (Å²) in [6, 6.07) is 0.673. The largest absolute Gasteiger partial charge is 0.444 e. The SMILES string of the molecule is CC(C)(C)OC(=O)N1CC[C@@H]2C[C@@H](N)C[C@@H]2C1.CC(C)(C)OC(=O)N1CC[C@H]2C[C@H](N)C[C@H]2C1. The van der Waals surface area contributed by atoms with Crippen molar-refractivity contribution in [3.8, 4) is 0 Å². The quantitative estimate of drug-likeness (QED) is 0.543. The molecule has 0 unspecified atom stereocenters. The summed E-state index contributed by atoms with van der Waals surface area (Å²) >= 11 is 0. The van der Waals surface area contributed by atoms with E-state index in [4.69, 9.17) is 20.9 Å². The monoisotopic (exact) mass is 480 g/mol. The molecule has 0 aromatic rings. The van der Waals surface area contributed by atoms with Crippen molar-refractivity contribution in [2.24, 2.45) is 35.1 Å². The molecule has 2 saturated carbocycles. The standard InChI is InChI=1S/2C13H24N2O2/c2*1-13(2,3)17-12(16)15-5-4-9-6-11(14)7-10(9)8-15/h2*9-11H,4-8,14H2,1-3H3/t2*9-,10-,11-/m10/s1. The van der Waals surface area contributed by atoms with Crippen LogP contribution in [0.5, 0.6) is 0 Å². The number of piperidine rings is 2. The molecule has 0 spiro atoms. The van der Waals surface area contributed by atoms with Crippen LogP contribution >= 0.6 is 0 Å². The summed E-state index contributed by atoms with van der Waals surface area (Å²) in [6.07, 6.45) is 6.20. The number of hydrogen-bond donors (Lipinski definition) is 2. The van der Waals surface area contributed by atoms with Crippen LogP contribution in [0.4, 0.5) is 9.59 Å². The highest BCUT2D eigenvalue weighted by atomic mass is 16.6. The lowest BCUT2D eigenvalue weighted by Gasteiger charge is -2.35. The first-order chi connectivity index (χ1) is 15.7. The molecule has 34 heavy (non-hydrogen) atoms. The summed E-state index contributed by atoms with van der Waals surface area (Å²) in [5, 5.41) is 0. The number of fused-ring (bicyclic) bond motifs is 2. The third kappa shape index (κ3) is 7.74. The van der Waals surface area contributed by atoms with E-state index < -0.39 is 11.2 Å². The van der Waals surface area contributed by atoms with E-state index in [9.17, 15) is 9.59 Å². The van der Waals surface area contributed by atoms with Crippen LogP contribution in [-0.2, 0) is 9.47 Å². The number of nitrogens with two attached hydrogens (primary N) is 2. The van der Waals surface area contributed by atoms with Crippen molar-refractivity contribution >= 4 is 12.2 Å². The third-order valence-electron chi connectivity index (χ3n) is 7.51. The maximum absolute atomic E-state index is 12.0. The Labute approximate surface area is 206 Å². The van der Waals surface area contributed by atoms with Crippen LogP contribution in [0.25, 0.3) is 0 Å². The van der Waals surface area contributed by atoms with Crippen molar-refractivity contribution < 1.29 is 19.1 Å². The molecule has 8 nitrogen and oxygen atoms in total. The van der Waals surface area contributed by atoms with Crippen LogP contribution in [-0.4, -0.2) is 71.5 Å². The highest BCUT2D eigenvalue weighted by Crippen LogP contribution is 2.38. The summed E-state index contributed by atoms with van der Waals surface area (Å²) in [5.74, 6) is 2.63. The Morgan fingerprint density at radius 2 is 0.971 bits per heavy atom. The third-order valence-corrected chi connectivity index (χ3v) is 7.51. The van der Waals surface area contributed by atoms with Gasteiger partial charge in [0.2, 0.25) is 0 Å². The summed E-state index contributed by atoms with van der Waals surface area (Å²) in [4.78, 5) is 27.6. The molecule has 2 aliphatic carbocycles. The van der Waals surface area contributed by atoms with Gasteiger partial charge in [-0.3, -0.25) is 0 Å². The molecule has 8 heteroatoms. The summed E-state index contributed by atoms with van der Waals surface area (Å²) < 4.78 is 10.8. The highest BCUT2D eigenvalue weighted by Gasteiger charge is 2.40. The maximum Gasteiger partial charge on any atom is 0.410 e. The van der Waals surface area contributed by atoms with Gasteiger partial charge in [0.25, 0.3) is 0 Å². The minimum absolute atomic E-state index is 0.170. The zero-order valence-electron chi connectivity index (χ0n) is 22.2. The molecule has 0 aromatic heterocycles. The van der Waals surface area contributed by atoms with Crippen LogP contribution in [0.15, 0.2) is 0 Å². The molecule has 4 fully saturated rings. The molecule has 2 amide bonds. The van der Waals surface area contributed by atoms with E-state index in [1.165, 1.54) is 0 Å². The number of carbonyl (C=O) groups excluding carboxylic acids is 2. The average Bonchev–Trinajstić information content (AvgIpc) is 3.24. The van der Waals surface area contributed by atoms with E-state index in [1.807, 2.05) is 51.3 Å². The van der Waals surface area contributed by atoms with E-state index in [-0.39, 0.29) is 12.2 Å². The minimum atomic E-state index is -0.403. The molecule has 2 aliphatic heterocycles. The number of nitrogens with zero attached hydrogens (tertiary/aromatic N) is 2. The number of amides is 2. The van der Waals surface area contributed by atoms with Gasteiger partial charge in [-0.05, 0) is 104 Å². The molecular weight excluding hydrogens is 432 g/mol. The normalized spacial score (nSPS) is 33.4. The van der Waals surface area contributed by atoms with E-state index in [2.05, 4.69) is 0 Å². The van der Waals surface area contributed by atoms with Crippen LogP contribution in [0.1, 0.15) is 80.1 Å². The Hall–Kier alpha value is -1.54. The van der Waals surface area contributed by atoms with Gasteiger partial charge in [0.15, 0.2) is 0 Å². The van der Waals surface area contributed by atoms with Crippen LogP contribution in [0.3, 0.4) is 0 Å². The lowest BCUT2D eigenvalue weighted by molar-refractivity contribution is 0.0118. The molecular formula is C26H48N4O4. The number of rotatable bonds is 0. The smallest absolute Gasteiger partial charge is 0.410 e. The number of hydrogen-bond acceptors (Lipinski definition) is 6. The first-order valence-electron chi connectivity index (χ1n) is 13.2. The van der Waals surface area contributed by atoms with Crippen molar-refractivity contribution in [3.63, 3.8) is 0 Å². The maximum atomic E-state index is 12.0. The van der Waals surface area contributed by atoms with E-state index in [0.29, 0.717) is 23.9 Å². The zero-order valence-corrected chi connectivity index (χ0v) is 22.2. The zero-order chi connectivity index (χ0) is 25.3. The van der Waals surface area contributed by atoms with Gasteiger partial charge in [-0.15, -0.1) is 0 Å². The topological polar surface area (TPSA) is 111 Å². The molecule has 2 saturated heterocycles.